The highest BCUT2D eigenvalue weighted by molar-refractivity contribution is 5.78. The van der Waals surface area contributed by atoms with Gasteiger partial charge in [-0.1, -0.05) is 0 Å². The van der Waals surface area contributed by atoms with Crippen LogP contribution in [0.4, 0.5) is 18.9 Å². The molecule has 0 aliphatic carbocycles. The summed E-state index contributed by atoms with van der Waals surface area (Å²) in [6.07, 6.45) is -1.20. The summed E-state index contributed by atoms with van der Waals surface area (Å²) >= 11 is 0. The third-order valence-corrected chi connectivity index (χ3v) is 1.96. The van der Waals surface area contributed by atoms with Crippen LogP contribution in [0.2, 0.25) is 0 Å². The molecule has 2 rings (SSSR count). The number of benzene rings is 1. The van der Waals surface area contributed by atoms with E-state index >= 15 is 0 Å². The van der Waals surface area contributed by atoms with Crippen molar-refractivity contribution in [3.63, 3.8) is 0 Å². The molecule has 0 saturated heterocycles. The molecule has 2 aromatic rings. The predicted molar refractivity (Wildman–Crippen MR) is 54.1 cm³/mol. The van der Waals surface area contributed by atoms with Crippen LogP contribution in [0.5, 0.6) is 0 Å². The SMILES string of the molecule is FC(F)(F)CNc1ccc2nccnc2c1. The first-order valence-corrected chi connectivity index (χ1v) is 4.56. The number of halogens is 3. The Morgan fingerprint density at radius 2 is 1.75 bits per heavy atom. The highest BCUT2D eigenvalue weighted by atomic mass is 19.4. The average molecular weight is 227 g/mol. The molecule has 0 bridgehead atoms. The van der Waals surface area contributed by atoms with Crippen molar-refractivity contribution in [3.8, 4) is 0 Å². The Labute approximate surface area is 89.3 Å². The Morgan fingerprint density at radius 3 is 2.44 bits per heavy atom. The molecule has 0 radical (unpaired) electrons. The van der Waals surface area contributed by atoms with Gasteiger partial charge in [0.25, 0.3) is 0 Å². The topological polar surface area (TPSA) is 37.8 Å². The van der Waals surface area contributed by atoms with Crippen molar-refractivity contribution in [2.24, 2.45) is 0 Å². The Balaban J connectivity index is 2.20. The molecule has 0 amide bonds. The lowest BCUT2D eigenvalue weighted by atomic mass is 10.2. The summed E-state index contributed by atoms with van der Waals surface area (Å²) in [7, 11) is 0. The number of hydrogen-bond donors (Lipinski definition) is 1. The lowest BCUT2D eigenvalue weighted by Gasteiger charge is -2.09. The number of hydrogen-bond acceptors (Lipinski definition) is 3. The number of aromatic nitrogens is 2. The molecule has 0 unspecified atom stereocenters. The highest BCUT2D eigenvalue weighted by Crippen LogP contribution is 2.18. The summed E-state index contributed by atoms with van der Waals surface area (Å²) in [6.45, 7) is -1.06. The number of alkyl halides is 3. The Kier molecular flexibility index (Phi) is 2.64. The van der Waals surface area contributed by atoms with Gasteiger partial charge >= 0.3 is 6.18 Å². The number of anilines is 1. The minimum absolute atomic E-state index is 0.380. The van der Waals surface area contributed by atoms with Crippen LogP contribution in [0, 0.1) is 0 Å². The van der Waals surface area contributed by atoms with Crippen LogP contribution in [-0.2, 0) is 0 Å². The molecule has 0 fully saturated rings. The molecule has 1 heterocycles. The van der Waals surface area contributed by atoms with E-state index in [2.05, 4.69) is 15.3 Å². The van der Waals surface area contributed by atoms with Crippen LogP contribution in [0.15, 0.2) is 30.6 Å². The fourth-order valence-corrected chi connectivity index (χ4v) is 1.28. The molecule has 1 aromatic carbocycles. The van der Waals surface area contributed by atoms with Crippen LogP contribution >= 0.6 is 0 Å². The monoisotopic (exact) mass is 227 g/mol. The van der Waals surface area contributed by atoms with Gasteiger partial charge in [0.05, 0.1) is 11.0 Å². The van der Waals surface area contributed by atoms with E-state index in [1.807, 2.05) is 0 Å². The lowest BCUT2D eigenvalue weighted by Crippen LogP contribution is -2.21. The Morgan fingerprint density at radius 1 is 1.06 bits per heavy atom. The van der Waals surface area contributed by atoms with Crippen molar-refractivity contribution in [3.05, 3.63) is 30.6 Å². The smallest absolute Gasteiger partial charge is 0.376 e. The van der Waals surface area contributed by atoms with E-state index in [0.717, 1.165) is 0 Å². The summed E-state index contributed by atoms with van der Waals surface area (Å²) < 4.78 is 35.9. The first-order valence-electron chi connectivity index (χ1n) is 4.56. The van der Waals surface area contributed by atoms with Gasteiger partial charge in [-0.2, -0.15) is 13.2 Å². The summed E-state index contributed by atoms with van der Waals surface area (Å²) in [5, 5.41) is 2.28. The van der Waals surface area contributed by atoms with Crippen LogP contribution in [0.1, 0.15) is 0 Å². The van der Waals surface area contributed by atoms with Crippen molar-refractivity contribution in [2.45, 2.75) is 6.18 Å². The van der Waals surface area contributed by atoms with E-state index in [4.69, 9.17) is 0 Å². The molecule has 0 aliphatic rings. The van der Waals surface area contributed by atoms with E-state index < -0.39 is 12.7 Å². The second-order valence-corrected chi connectivity index (χ2v) is 3.23. The second kappa shape index (κ2) is 3.96. The van der Waals surface area contributed by atoms with Crippen LogP contribution in [0.25, 0.3) is 11.0 Å². The zero-order valence-electron chi connectivity index (χ0n) is 8.12. The third kappa shape index (κ3) is 2.59. The maximum atomic E-state index is 12.0. The maximum absolute atomic E-state index is 12.0. The van der Waals surface area contributed by atoms with Gasteiger partial charge in [-0.05, 0) is 18.2 Å². The van der Waals surface area contributed by atoms with E-state index in [1.165, 1.54) is 18.5 Å². The minimum atomic E-state index is -4.22. The molecule has 84 valence electrons. The van der Waals surface area contributed by atoms with Crippen molar-refractivity contribution in [2.75, 3.05) is 11.9 Å². The van der Waals surface area contributed by atoms with E-state index in [1.54, 1.807) is 12.1 Å². The van der Waals surface area contributed by atoms with Crippen molar-refractivity contribution < 1.29 is 13.2 Å². The molecule has 3 nitrogen and oxygen atoms in total. The number of nitrogens with zero attached hydrogens (tertiary/aromatic N) is 2. The molecule has 16 heavy (non-hydrogen) atoms. The van der Waals surface area contributed by atoms with Gasteiger partial charge in [0.15, 0.2) is 0 Å². The second-order valence-electron chi connectivity index (χ2n) is 3.23. The zero-order chi connectivity index (χ0) is 11.6. The molecule has 0 spiro atoms. The van der Waals surface area contributed by atoms with E-state index in [-0.39, 0.29) is 0 Å². The molecule has 0 saturated carbocycles. The molecule has 1 aromatic heterocycles. The lowest BCUT2D eigenvalue weighted by molar-refractivity contribution is -0.115. The first kappa shape index (κ1) is 10.7. The number of nitrogens with one attached hydrogen (secondary N) is 1. The molecule has 0 atom stereocenters. The largest absolute Gasteiger partial charge is 0.405 e. The van der Waals surface area contributed by atoms with Gasteiger partial charge in [0.2, 0.25) is 0 Å². The first-order chi connectivity index (χ1) is 7.54. The standard InChI is InChI=1S/C10H8F3N3/c11-10(12,13)6-16-7-1-2-8-9(5-7)15-4-3-14-8/h1-5,16H,6H2. The Bertz CT molecular complexity index is 496. The summed E-state index contributed by atoms with van der Waals surface area (Å²) in [5.74, 6) is 0. The normalized spacial score (nSPS) is 11.7. The number of rotatable bonds is 2. The fraction of sp³-hybridized carbons (Fsp3) is 0.200. The number of fused-ring (bicyclic) bond motifs is 1. The average Bonchev–Trinajstić information content (AvgIpc) is 2.25. The minimum Gasteiger partial charge on any atom is -0.376 e. The van der Waals surface area contributed by atoms with E-state index in [9.17, 15) is 13.2 Å². The highest BCUT2D eigenvalue weighted by Gasteiger charge is 2.26. The van der Waals surface area contributed by atoms with Gasteiger partial charge in [-0.15, -0.1) is 0 Å². The Hall–Kier alpha value is -1.85. The predicted octanol–water partition coefficient (Wildman–Crippen LogP) is 2.60. The third-order valence-electron chi connectivity index (χ3n) is 1.96. The van der Waals surface area contributed by atoms with Gasteiger partial charge in [0.1, 0.15) is 6.54 Å². The van der Waals surface area contributed by atoms with Gasteiger partial charge in [-0.3, -0.25) is 9.97 Å². The summed E-state index contributed by atoms with van der Waals surface area (Å²) in [5.41, 5.74) is 1.60. The van der Waals surface area contributed by atoms with Gasteiger partial charge in [0, 0.05) is 18.1 Å². The quantitative estimate of drug-likeness (QED) is 0.856. The van der Waals surface area contributed by atoms with Gasteiger partial charge in [-0.25, -0.2) is 0 Å². The van der Waals surface area contributed by atoms with E-state index in [0.29, 0.717) is 16.7 Å². The van der Waals surface area contributed by atoms with Crippen molar-refractivity contribution in [1.29, 1.82) is 0 Å². The molecule has 6 heteroatoms. The van der Waals surface area contributed by atoms with Crippen molar-refractivity contribution >= 4 is 16.7 Å². The van der Waals surface area contributed by atoms with Crippen LogP contribution in [-0.4, -0.2) is 22.7 Å². The van der Waals surface area contributed by atoms with Crippen LogP contribution in [0.3, 0.4) is 0 Å². The zero-order valence-corrected chi connectivity index (χ0v) is 8.12. The van der Waals surface area contributed by atoms with Crippen molar-refractivity contribution in [1.82, 2.24) is 9.97 Å². The molecule has 0 aliphatic heterocycles. The molecular formula is C10H8F3N3. The van der Waals surface area contributed by atoms with Crippen LogP contribution < -0.4 is 5.32 Å². The van der Waals surface area contributed by atoms with Gasteiger partial charge < -0.3 is 5.32 Å². The summed E-state index contributed by atoms with van der Waals surface area (Å²) in [4.78, 5) is 8.02. The molecule has 1 N–H and O–H groups in total. The summed E-state index contributed by atoms with van der Waals surface area (Å²) in [6, 6.07) is 4.71. The fourth-order valence-electron chi connectivity index (χ4n) is 1.28. The maximum Gasteiger partial charge on any atom is 0.405 e. The molecular weight excluding hydrogens is 219 g/mol.